The van der Waals surface area contributed by atoms with Crippen molar-refractivity contribution in [2.24, 2.45) is 52.0 Å². The Morgan fingerprint density at radius 2 is 0.833 bits per heavy atom. The van der Waals surface area contributed by atoms with Gasteiger partial charge in [0, 0.05) is 47.6 Å². The summed E-state index contributed by atoms with van der Waals surface area (Å²) in [5.74, 6) is -30.0. The van der Waals surface area contributed by atoms with Gasteiger partial charge in [0.15, 0.2) is 11.9 Å². The molecule has 1 aromatic rings. The minimum absolute atomic E-state index is 0.0299. The number of carbonyl (C=O) groups is 21. The van der Waals surface area contributed by atoms with E-state index in [0.717, 1.165) is 35.3 Å². The van der Waals surface area contributed by atoms with E-state index in [2.05, 4.69) is 90.4 Å². The Morgan fingerprint density at radius 3 is 1.29 bits per heavy atom. The number of benzene rings is 1. The molecule has 0 spiro atoms. The fourth-order valence-corrected chi connectivity index (χ4v) is 14.6. The van der Waals surface area contributed by atoms with E-state index in [1.807, 2.05) is 5.32 Å². The summed E-state index contributed by atoms with van der Waals surface area (Å²) in [6, 6.07) is -20.6. The van der Waals surface area contributed by atoms with Gasteiger partial charge in [0.25, 0.3) is 0 Å². The maximum Gasteiger partial charge on any atom is 0.305 e. The first-order valence-electron chi connectivity index (χ1n) is 39.4. The predicted octanol–water partition coefficient (Wildman–Crippen LogP) is -13.8. The second-order valence-corrected chi connectivity index (χ2v) is 32.5. The van der Waals surface area contributed by atoms with E-state index in [-0.39, 0.29) is 61.1 Å². The van der Waals surface area contributed by atoms with Crippen LogP contribution >= 0.6 is 35.3 Å². The molecule has 2 heterocycles. The van der Waals surface area contributed by atoms with Crippen molar-refractivity contribution in [1.29, 1.82) is 10.8 Å². The Labute approximate surface area is 734 Å². The fourth-order valence-electron chi connectivity index (χ4n) is 11.7. The molecule has 0 aliphatic carbocycles. The second kappa shape index (κ2) is 55.0. The Kier molecular flexibility index (Phi) is 47.1. The minimum Gasteiger partial charge on any atom is -0.481 e. The Balaban J connectivity index is 2.57. The highest BCUT2D eigenvalue weighted by molar-refractivity contribution is 7.99. The van der Waals surface area contributed by atoms with Crippen molar-refractivity contribution >= 4 is 171 Å². The number of aliphatic hydroxyl groups excluding tert-OH is 2. The summed E-state index contributed by atoms with van der Waals surface area (Å²) in [5, 5.41) is 88.9. The molecule has 1 aromatic carbocycles. The minimum atomic E-state index is -2.22. The van der Waals surface area contributed by atoms with Gasteiger partial charge in [-0.2, -0.15) is 35.3 Å². The number of guanidine groups is 2. The number of hydrogen-bond acceptors (Lipinski definition) is 29. The van der Waals surface area contributed by atoms with Crippen LogP contribution in [0.1, 0.15) is 109 Å². The molecule has 51 nitrogen and oxygen atoms in total. The van der Waals surface area contributed by atoms with Gasteiger partial charge in [0.1, 0.15) is 78.5 Å². The highest BCUT2D eigenvalue weighted by Gasteiger charge is 2.40. The van der Waals surface area contributed by atoms with Crippen molar-refractivity contribution in [3.8, 4) is 0 Å². The normalized spacial score (nSPS) is 24.2. The van der Waals surface area contributed by atoms with E-state index < -0.39 is 310 Å². The molecule has 700 valence electrons. The van der Waals surface area contributed by atoms with Crippen LogP contribution in [0, 0.1) is 22.7 Å². The van der Waals surface area contributed by atoms with E-state index in [1.54, 1.807) is 25.1 Å². The molecule has 2 aliphatic heterocycles. The van der Waals surface area contributed by atoms with Gasteiger partial charge in [-0.15, -0.1) is 0 Å². The van der Waals surface area contributed by atoms with Crippen molar-refractivity contribution in [1.82, 2.24) is 95.7 Å². The van der Waals surface area contributed by atoms with Gasteiger partial charge in [-0.25, -0.2) is 0 Å². The molecule has 37 N–H and O–H groups in total. The summed E-state index contributed by atoms with van der Waals surface area (Å²) in [4.78, 5) is 289. The number of carbonyl (C=O) groups excluding carboxylic acids is 20. The largest absolute Gasteiger partial charge is 0.481 e. The van der Waals surface area contributed by atoms with Crippen molar-refractivity contribution in [3.05, 3.63) is 34.9 Å². The van der Waals surface area contributed by atoms with Crippen LogP contribution in [0.2, 0.25) is 0 Å². The Morgan fingerprint density at radius 1 is 0.444 bits per heavy atom. The topological polar surface area (TPSA) is 866 Å². The number of aliphatic carboxylic acids is 1. The molecule has 54 heteroatoms. The molecule has 0 fully saturated rings. The van der Waals surface area contributed by atoms with Crippen LogP contribution in [0.25, 0.3) is 0 Å². The van der Waals surface area contributed by atoms with Crippen LogP contribution < -0.4 is 136 Å². The molecule has 0 radical (unpaired) electrons. The molecular formula is C72H115N27O24S3. The van der Waals surface area contributed by atoms with Crippen molar-refractivity contribution in [2.45, 2.75) is 194 Å². The zero-order valence-corrected chi connectivity index (χ0v) is 72.2. The molecule has 3 rings (SSSR count). The van der Waals surface area contributed by atoms with Crippen molar-refractivity contribution in [3.63, 3.8) is 0 Å². The quantitative estimate of drug-likeness (QED) is 0.0233. The number of amides is 20. The SMILES string of the molecule is CC[C@H](C)[C@@H]1NC(=O)[C@H](CC(N)=O)NC(=O)[C@H](CC(N)=O)NC(=O)[C@H](C(C)C)NC(=O)[C@H](CCCNC(=N)N)NC(=O)[C@@H]2CSCc3cc(cc(c3)CSC[C@@H](C(=O)NCC(N)=O)NC(=O)[C@H](CO)NC1=O)CSC[C@H](NC(=O)[C@H](C)N)C(=O)NCC(=O)NCC(=O)N[C@@H](CC(N)=O)C(=O)N[C@@H](CO)C(=O)N[C@@H](CC(=O)O)C(=O)N[C@@H](CCCNC(=N)N)C(=O)N2. The third-order valence-corrected chi connectivity index (χ3v) is 21.8. The first kappa shape index (κ1) is 108. The number of fused-ring (bicyclic) bond motifs is 5. The lowest BCUT2D eigenvalue weighted by Crippen LogP contribution is -2.62. The Bertz CT molecular complexity index is 4130. The lowest BCUT2D eigenvalue weighted by molar-refractivity contribution is -0.142. The van der Waals surface area contributed by atoms with Gasteiger partial charge < -0.3 is 151 Å². The first-order chi connectivity index (χ1) is 59.2. The number of thioether (sulfide) groups is 3. The average Bonchev–Trinajstić information content (AvgIpc) is 0.860. The lowest BCUT2D eigenvalue weighted by Gasteiger charge is -2.29. The van der Waals surface area contributed by atoms with E-state index >= 15 is 9.59 Å². The number of carboxylic acids is 1. The van der Waals surface area contributed by atoms with Gasteiger partial charge in [-0.05, 0) is 61.1 Å². The standard InChI is InChI=1S/C72H115N27O24S3/c1-6-32(4)56-70(123)94-44(24-101)67(120)96-46(58(111)85-20-51(77)105)29-125-26-35-13-34-14-36(15-35)27-126-30-47(68(121)89-38(10-8-12-83-72(80)81)61(114)98-55(31(2)3)69(122)92-40(17-49(75)103)63(116)90-41(18-50(76)104)65(118)99-56)97-60(113)37(9-7-11-82-71(78)79)88-64(117)42(19-54(108)109)91-66(119)43(23-100)93-62(115)39(16-48(74)102)87-53(107)22-84-52(106)21-86-59(112)45(28-124-25-34)95-57(110)33(5)73/h13-15,31-33,37-47,55-56,100-101H,6-12,16-30,73H2,1-5H3,(H2,74,102)(H2,75,103)(H2,76,104)(H2,77,105)(H,84,106)(H,85,111)(H,86,112)(H,87,107)(H,88,117)(H,89,121)(H,90,116)(H,91,119)(H,92,122)(H,93,115)(H,94,123)(H,95,110)(H,96,120)(H,97,113)(H,98,114)(H,99,118)(H,108,109)(H4,78,79,82)(H4,80,81,83)/t32-,33-,37-,38-,39-,40-,41-,42-,43-,44-,45-,46-,47-,55-,56-/m0/s1. The number of hydrogen-bond donors (Lipinski definition) is 30. The van der Waals surface area contributed by atoms with Crippen LogP contribution in [0.5, 0.6) is 0 Å². The molecule has 0 saturated heterocycles. The monoisotopic (exact) mass is 1840 g/mol. The zero-order chi connectivity index (χ0) is 94.8. The van der Waals surface area contributed by atoms with Crippen molar-refractivity contribution < 1.29 is 116 Å². The average molecular weight is 1840 g/mol. The second-order valence-electron chi connectivity index (χ2n) is 29.4. The predicted molar refractivity (Wildman–Crippen MR) is 452 cm³/mol. The van der Waals surface area contributed by atoms with Crippen molar-refractivity contribution in [2.75, 3.05) is 63.2 Å². The van der Waals surface area contributed by atoms with Crippen LogP contribution in [-0.4, -0.2) is 299 Å². The summed E-state index contributed by atoms with van der Waals surface area (Å²) in [7, 11) is 0. The zero-order valence-electron chi connectivity index (χ0n) is 69.7. The lowest BCUT2D eigenvalue weighted by atomic mass is 9.97. The highest BCUT2D eigenvalue weighted by atomic mass is 32.2. The van der Waals surface area contributed by atoms with Crippen LogP contribution in [0.4, 0.5) is 0 Å². The molecule has 15 atom stereocenters. The molecule has 126 heavy (non-hydrogen) atoms. The van der Waals surface area contributed by atoms with Crippen LogP contribution in [0.15, 0.2) is 18.2 Å². The maximum absolute atomic E-state index is 15.4. The number of aliphatic hydroxyl groups is 2. The molecular weight excluding hydrogens is 1720 g/mol. The van der Waals surface area contributed by atoms with E-state index in [9.17, 15) is 106 Å². The summed E-state index contributed by atoms with van der Waals surface area (Å²) < 4.78 is 0. The fraction of sp³-hybridized carbons (Fsp3) is 0.597. The number of primary amides is 4. The summed E-state index contributed by atoms with van der Waals surface area (Å²) >= 11 is 2.94. The van der Waals surface area contributed by atoms with Crippen LogP contribution in [-0.2, 0) is 118 Å². The first-order valence-corrected chi connectivity index (χ1v) is 42.8. The third kappa shape index (κ3) is 40.0. The highest BCUT2D eigenvalue weighted by Crippen LogP contribution is 2.25. The van der Waals surface area contributed by atoms with Gasteiger partial charge in [-0.1, -0.05) is 52.3 Å². The molecule has 2 aliphatic rings. The number of nitrogens with two attached hydrogens (primary N) is 7. The molecule has 20 amide bonds. The van der Waals surface area contributed by atoms with Crippen LogP contribution in [0.3, 0.4) is 0 Å². The molecule has 0 unspecified atom stereocenters. The number of rotatable bonds is 26. The third-order valence-electron chi connectivity index (χ3n) is 18.4. The van der Waals surface area contributed by atoms with Gasteiger partial charge in [0.05, 0.1) is 64.6 Å². The van der Waals surface area contributed by atoms with Gasteiger partial charge in [-0.3, -0.25) is 112 Å². The van der Waals surface area contributed by atoms with E-state index in [4.69, 9.17) is 51.0 Å². The van der Waals surface area contributed by atoms with E-state index in [0.29, 0.717) is 16.7 Å². The van der Waals surface area contributed by atoms with Gasteiger partial charge in [0.2, 0.25) is 118 Å². The summed E-state index contributed by atoms with van der Waals surface area (Å²) in [6.45, 7) is 1.80. The van der Waals surface area contributed by atoms with Gasteiger partial charge >= 0.3 is 5.97 Å². The number of carboxylic acid groups (broad SMARTS) is 1. The molecule has 4 bridgehead atoms. The molecule has 0 aromatic heterocycles. The number of nitrogens with one attached hydrogen (secondary N) is 20. The smallest absolute Gasteiger partial charge is 0.305 e. The summed E-state index contributed by atoms with van der Waals surface area (Å²) in [6.07, 6.45) is -5.39. The van der Waals surface area contributed by atoms with E-state index in [1.165, 1.54) is 27.7 Å². The summed E-state index contributed by atoms with van der Waals surface area (Å²) in [5.41, 5.74) is 40.1. The molecule has 0 saturated carbocycles. The Hall–Kier alpha value is -12.4. The maximum atomic E-state index is 15.4.